The Balaban J connectivity index is 1.93. The average molecular weight is 523 g/mol. The van der Waals surface area contributed by atoms with Gasteiger partial charge >= 0.3 is 5.97 Å². The molecule has 37 heavy (non-hydrogen) atoms. The standard InChI is InChI=1S/C28H30N2O6S/c1-7-35-20-10-8-18(9-11-20)25-24(27(32)36-16(2)3)17(4)29-28-30(25)26(31)23(37-28)15-19-14-21(33-5)12-13-22(19)34-6/h8-16,25H,7H2,1-6H3/b23-15+/t25-/m1/s1. The number of hydrogen-bond donors (Lipinski definition) is 0. The third-order valence-corrected chi connectivity index (χ3v) is 6.80. The molecule has 0 saturated heterocycles. The zero-order chi connectivity index (χ0) is 26.7. The lowest BCUT2D eigenvalue weighted by Crippen LogP contribution is -2.40. The Morgan fingerprint density at radius 2 is 1.81 bits per heavy atom. The van der Waals surface area contributed by atoms with Crippen molar-refractivity contribution >= 4 is 23.4 Å². The number of allylic oxidation sites excluding steroid dienone is 1. The minimum atomic E-state index is -0.701. The first-order chi connectivity index (χ1) is 17.8. The normalized spacial score (nSPS) is 15.3. The first-order valence-electron chi connectivity index (χ1n) is 12.0. The third-order valence-electron chi connectivity index (χ3n) is 5.81. The minimum Gasteiger partial charge on any atom is -0.497 e. The Bertz CT molecular complexity index is 1520. The van der Waals surface area contributed by atoms with Gasteiger partial charge in [-0.15, -0.1) is 0 Å². The summed E-state index contributed by atoms with van der Waals surface area (Å²) in [6.45, 7) is 7.79. The van der Waals surface area contributed by atoms with Crippen LogP contribution in [0, 0.1) is 0 Å². The summed E-state index contributed by atoms with van der Waals surface area (Å²) in [7, 11) is 3.15. The van der Waals surface area contributed by atoms with Gasteiger partial charge in [0.15, 0.2) is 4.80 Å². The number of benzene rings is 2. The molecule has 194 valence electrons. The van der Waals surface area contributed by atoms with E-state index in [1.54, 1.807) is 63.8 Å². The summed E-state index contributed by atoms with van der Waals surface area (Å²) in [5.74, 6) is 1.45. The second-order valence-corrected chi connectivity index (χ2v) is 9.65. The largest absolute Gasteiger partial charge is 0.497 e. The van der Waals surface area contributed by atoms with Gasteiger partial charge < -0.3 is 18.9 Å². The molecule has 0 spiro atoms. The number of rotatable bonds is 8. The molecule has 0 fully saturated rings. The predicted molar refractivity (Wildman–Crippen MR) is 142 cm³/mol. The molecular formula is C28H30N2O6S. The van der Waals surface area contributed by atoms with Crippen LogP contribution in [-0.4, -0.2) is 37.5 Å². The van der Waals surface area contributed by atoms with E-state index in [4.69, 9.17) is 18.9 Å². The van der Waals surface area contributed by atoms with Crippen molar-refractivity contribution in [1.29, 1.82) is 0 Å². The smallest absolute Gasteiger partial charge is 0.338 e. The third kappa shape index (κ3) is 5.32. The van der Waals surface area contributed by atoms with E-state index < -0.39 is 12.0 Å². The van der Waals surface area contributed by atoms with Crippen LogP contribution in [0.2, 0.25) is 0 Å². The van der Waals surface area contributed by atoms with Gasteiger partial charge in [-0.3, -0.25) is 9.36 Å². The molecule has 1 aromatic heterocycles. The summed E-state index contributed by atoms with van der Waals surface area (Å²) >= 11 is 1.25. The molecule has 1 aliphatic heterocycles. The number of thiazole rings is 1. The first kappa shape index (κ1) is 26.2. The highest BCUT2D eigenvalue weighted by Crippen LogP contribution is 2.32. The molecule has 0 unspecified atom stereocenters. The molecule has 0 N–H and O–H groups in total. The molecule has 2 aromatic carbocycles. The van der Waals surface area contributed by atoms with E-state index in [0.717, 1.165) is 5.56 Å². The molecule has 0 bridgehead atoms. The Hall–Kier alpha value is -3.85. The molecule has 3 aromatic rings. The fraction of sp³-hybridized carbons (Fsp3) is 0.321. The van der Waals surface area contributed by atoms with Crippen molar-refractivity contribution < 1.29 is 23.7 Å². The van der Waals surface area contributed by atoms with Crippen LogP contribution in [0.3, 0.4) is 0 Å². The van der Waals surface area contributed by atoms with Crippen LogP contribution in [-0.2, 0) is 9.53 Å². The van der Waals surface area contributed by atoms with Crippen LogP contribution in [0.15, 0.2) is 63.5 Å². The molecule has 1 atom stereocenters. The van der Waals surface area contributed by atoms with Crippen LogP contribution in [0.25, 0.3) is 6.08 Å². The van der Waals surface area contributed by atoms with Crippen molar-refractivity contribution in [2.45, 2.75) is 39.8 Å². The van der Waals surface area contributed by atoms with Crippen LogP contribution in [0.5, 0.6) is 17.2 Å². The van der Waals surface area contributed by atoms with Gasteiger partial charge in [0.1, 0.15) is 17.2 Å². The molecule has 0 aliphatic carbocycles. The van der Waals surface area contributed by atoms with Crippen molar-refractivity contribution in [1.82, 2.24) is 4.57 Å². The topological polar surface area (TPSA) is 88.4 Å². The van der Waals surface area contributed by atoms with Crippen molar-refractivity contribution in [2.75, 3.05) is 20.8 Å². The van der Waals surface area contributed by atoms with E-state index in [9.17, 15) is 9.59 Å². The van der Waals surface area contributed by atoms with Gasteiger partial charge in [0, 0.05) is 5.56 Å². The molecule has 2 heterocycles. The maximum absolute atomic E-state index is 13.8. The molecule has 0 radical (unpaired) electrons. The molecule has 1 aliphatic rings. The van der Waals surface area contributed by atoms with Gasteiger partial charge in [0.05, 0.1) is 48.8 Å². The Labute approximate surface area is 219 Å². The molecular weight excluding hydrogens is 492 g/mol. The van der Waals surface area contributed by atoms with Gasteiger partial charge in [-0.25, -0.2) is 9.79 Å². The van der Waals surface area contributed by atoms with Crippen molar-refractivity contribution in [3.05, 3.63) is 84.5 Å². The van der Waals surface area contributed by atoms with Crippen LogP contribution >= 0.6 is 11.3 Å². The molecule has 9 heteroatoms. The summed E-state index contributed by atoms with van der Waals surface area (Å²) in [6, 6.07) is 12.1. The van der Waals surface area contributed by atoms with Crippen molar-refractivity contribution in [3.63, 3.8) is 0 Å². The summed E-state index contributed by atoms with van der Waals surface area (Å²) in [6.07, 6.45) is 1.44. The Kier molecular flexibility index (Phi) is 7.83. The van der Waals surface area contributed by atoms with E-state index >= 15 is 0 Å². The zero-order valence-electron chi connectivity index (χ0n) is 21.7. The molecule has 0 saturated carbocycles. The Morgan fingerprint density at radius 1 is 1.11 bits per heavy atom. The van der Waals surface area contributed by atoms with E-state index in [1.165, 1.54) is 11.3 Å². The summed E-state index contributed by atoms with van der Waals surface area (Å²) in [4.78, 5) is 32.2. The number of nitrogens with zero attached hydrogens (tertiary/aromatic N) is 2. The number of carbonyl (C=O) groups is 1. The number of esters is 1. The van der Waals surface area contributed by atoms with Crippen molar-refractivity contribution in [3.8, 4) is 17.2 Å². The van der Waals surface area contributed by atoms with Gasteiger partial charge in [-0.2, -0.15) is 0 Å². The molecule has 0 amide bonds. The number of carbonyl (C=O) groups excluding carboxylic acids is 1. The van der Waals surface area contributed by atoms with E-state index in [1.807, 2.05) is 31.2 Å². The molecule has 4 rings (SSSR count). The maximum atomic E-state index is 13.8. The monoisotopic (exact) mass is 522 g/mol. The van der Waals surface area contributed by atoms with Crippen LogP contribution in [0.1, 0.15) is 44.9 Å². The minimum absolute atomic E-state index is 0.269. The number of hydrogen-bond acceptors (Lipinski definition) is 8. The van der Waals surface area contributed by atoms with Gasteiger partial charge in [0.25, 0.3) is 5.56 Å². The highest BCUT2D eigenvalue weighted by Gasteiger charge is 2.33. The second kappa shape index (κ2) is 11.0. The van der Waals surface area contributed by atoms with E-state index in [0.29, 0.717) is 50.0 Å². The lowest BCUT2D eigenvalue weighted by Gasteiger charge is -2.25. The van der Waals surface area contributed by atoms with E-state index in [-0.39, 0.29) is 11.7 Å². The summed E-state index contributed by atoms with van der Waals surface area (Å²) < 4.78 is 24.0. The fourth-order valence-electron chi connectivity index (χ4n) is 4.18. The summed E-state index contributed by atoms with van der Waals surface area (Å²) in [5.41, 5.74) is 2.02. The van der Waals surface area contributed by atoms with Crippen LogP contribution in [0.4, 0.5) is 0 Å². The molecule has 8 nitrogen and oxygen atoms in total. The predicted octanol–water partition coefficient (Wildman–Crippen LogP) is 3.60. The van der Waals surface area contributed by atoms with Gasteiger partial charge in [-0.1, -0.05) is 23.5 Å². The highest BCUT2D eigenvalue weighted by atomic mass is 32.1. The van der Waals surface area contributed by atoms with Gasteiger partial charge in [0.2, 0.25) is 0 Å². The van der Waals surface area contributed by atoms with Crippen molar-refractivity contribution in [2.24, 2.45) is 4.99 Å². The Morgan fingerprint density at radius 3 is 2.43 bits per heavy atom. The highest BCUT2D eigenvalue weighted by molar-refractivity contribution is 7.07. The average Bonchev–Trinajstić information content (AvgIpc) is 3.17. The lowest BCUT2D eigenvalue weighted by molar-refractivity contribution is -0.143. The second-order valence-electron chi connectivity index (χ2n) is 8.65. The van der Waals surface area contributed by atoms with E-state index in [2.05, 4.69) is 4.99 Å². The fourth-order valence-corrected chi connectivity index (χ4v) is 5.22. The number of fused-ring (bicyclic) bond motifs is 1. The van der Waals surface area contributed by atoms with Gasteiger partial charge in [-0.05, 0) is 69.7 Å². The first-order valence-corrected chi connectivity index (χ1v) is 12.8. The van der Waals surface area contributed by atoms with Crippen LogP contribution < -0.4 is 29.1 Å². The lowest BCUT2D eigenvalue weighted by atomic mass is 9.96. The maximum Gasteiger partial charge on any atom is 0.338 e. The SMILES string of the molecule is CCOc1ccc([C@@H]2C(C(=O)OC(C)C)=C(C)N=c3s/c(=C/c4cc(OC)ccc4OC)c(=O)n32)cc1. The number of ether oxygens (including phenoxy) is 4. The quantitative estimate of drug-likeness (QED) is 0.420. The summed E-state index contributed by atoms with van der Waals surface area (Å²) in [5, 5.41) is 0. The number of methoxy groups -OCH3 is 2. The zero-order valence-corrected chi connectivity index (χ0v) is 22.5. The number of aromatic nitrogens is 1.